The summed E-state index contributed by atoms with van der Waals surface area (Å²) >= 11 is 9.62. The minimum Gasteiger partial charge on any atom is -0.495 e. The zero-order chi connectivity index (χ0) is 14.3. The fraction of sp³-hybridized carbons (Fsp3) is 0.133. The lowest BCUT2D eigenvalue weighted by molar-refractivity contribution is 0.415. The highest BCUT2D eigenvalue weighted by Crippen LogP contribution is 2.33. The summed E-state index contributed by atoms with van der Waals surface area (Å²) in [5.74, 6) is 1.17. The van der Waals surface area contributed by atoms with Gasteiger partial charge in [-0.3, -0.25) is 0 Å². The van der Waals surface area contributed by atoms with Crippen molar-refractivity contribution in [3.63, 3.8) is 0 Å². The van der Waals surface area contributed by atoms with Crippen molar-refractivity contribution >= 4 is 38.6 Å². The van der Waals surface area contributed by atoms with Crippen LogP contribution in [0.1, 0.15) is 5.56 Å². The van der Waals surface area contributed by atoms with Crippen molar-refractivity contribution in [2.24, 2.45) is 0 Å². The van der Waals surface area contributed by atoms with Crippen LogP contribution in [0, 0.1) is 6.92 Å². The number of fused-ring (bicyclic) bond motifs is 1. The number of hydrogen-bond donors (Lipinski definition) is 0. The summed E-state index contributed by atoms with van der Waals surface area (Å²) in [5.41, 5.74) is 3.49. The molecule has 0 saturated heterocycles. The van der Waals surface area contributed by atoms with Gasteiger partial charge in [0, 0.05) is 5.56 Å². The highest BCUT2D eigenvalue weighted by atomic mass is 79.9. The van der Waals surface area contributed by atoms with E-state index in [1.165, 1.54) is 0 Å². The van der Waals surface area contributed by atoms with Gasteiger partial charge in [-0.25, -0.2) is 4.98 Å². The summed E-state index contributed by atoms with van der Waals surface area (Å²) in [7, 11) is 1.58. The Bertz CT molecular complexity index is 798. The Morgan fingerprint density at radius 3 is 2.75 bits per heavy atom. The molecule has 3 nitrogen and oxygen atoms in total. The standard InChI is InChI=1S/C15H11BrClNO2/c1-8-5-10(16)14-12(6-8)18-15(20-14)9-3-4-13(19-2)11(17)7-9/h3-7H,1-2H3. The van der Waals surface area contributed by atoms with Crippen molar-refractivity contribution in [3.8, 4) is 17.2 Å². The second-order valence-corrected chi connectivity index (χ2v) is 5.72. The van der Waals surface area contributed by atoms with Crippen molar-refractivity contribution in [2.45, 2.75) is 6.92 Å². The third kappa shape index (κ3) is 2.30. The van der Waals surface area contributed by atoms with E-state index in [2.05, 4.69) is 20.9 Å². The van der Waals surface area contributed by atoms with E-state index in [0.717, 1.165) is 26.7 Å². The van der Waals surface area contributed by atoms with Gasteiger partial charge in [-0.2, -0.15) is 0 Å². The molecular formula is C15H11BrClNO2. The number of benzene rings is 2. The average Bonchev–Trinajstić information content (AvgIpc) is 2.82. The van der Waals surface area contributed by atoms with E-state index >= 15 is 0 Å². The smallest absolute Gasteiger partial charge is 0.227 e. The van der Waals surface area contributed by atoms with Gasteiger partial charge in [-0.05, 0) is 58.7 Å². The molecule has 0 fully saturated rings. The second-order valence-electron chi connectivity index (χ2n) is 4.46. The molecule has 1 heterocycles. The normalized spacial score (nSPS) is 11.0. The lowest BCUT2D eigenvalue weighted by Gasteiger charge is -2.03. The number of oxazole rings is 1. The molecule has 0 N–H and O–H groups in total. The molecule has 3 rings (SSSR count). The van der Waals surface area contributed by atoms with Gasteiger partial charge >= 0.3 is 0 Å². The maximum Gasteiger partial charge on any atom is 0.227 e. The number of nitrogens with zero attached hydrogens (tertiary/aromatic N) is 1. The Balaban J connectivity index is 2.15. The molecule has 3 aromatic rings. The van der Waals surface area contributed by atoms with Crippen LogP contribution in [0.3, 0.4) is 0 Å². The molecule has 0 aliphatic heterocycles. The van der Waals surface area contributed by atoms with Crippen LogP contribution in [-0.2, 0) is 0 Å². The van der Waals surface area contributed by atoms with Crippen LogP contribution in [-0.4, -0.2) is 12.1 Å². The maximum atomic E-state index is 6.13. The van der Waals surface area contributed by atoms with E-state index in [1.54, 1.807) is 19.2 Å². The van der Waals surface area contributed by atoms with Crippen LogP contribution >= 0.6 is 27.5 Å². The third-order valence-electron chi connectivity index (χ3n) is 2.99. The molecule has 0 aliphatic carbocycles. The number of methoxy groups -OCH3 is 1. The molecule has 0 amide bonds. The van der Waals surface area contributed by atoms with Crippen molar-refractivity contribution < 1.29 is 9.15 Å². The second kappa shape index (κ2) is 5.11. The van der Waals surface area contributed by atoms with Gasteiger partial charge in [-0.15, -0.1) is 0 Å². The maximum absolute atomic E-state index is 6.13. The van der Waals surface area contributed by atoms with Gasteiger partial charge in [0.1, 0.15) is 11.3 Å². The minimum absolute atomic E-state index is 0.530. The summed E-state index contributed by atoms with van der Waals surface area (Å²) < 4.78 is 11.8. The van der Waals surface area contributed by atoms with E-state index in [9.17, 15) is 0 Å². The number of aromatic nitrogens is 1. The zero-order valence-electron chi connectivity index (χ0n) is 10.9. The Morgan fingerprint density at radius 1 is 1.25 bits per heavy atom. The van der Waals surface area contributed by atoms with Gasteiger partial charge in [0.15, 0.2) is 5.58 Å². The summed E-state index contributed by atoms with van der Waals surface area (Å²) in [6.45, 7) is 2.02. The summed E-state index contributed by atoms with van der Waals surface area (Å²) in [5, 5.41) is 0.530. The Morgan fingerprint density at radius 2 is 2.05 bits per heavy atom. The monoisotopic (exact) mass is 351 g/mol. The molecular weight excluding hydrogens is 342 g/mol. The highest BCUT2D eigenvalue weighted by Gasteiger charge is 2.13. The van der Waals surface area contributed by atoms with E-state index in [1.807, 2.05) is 25.1 Å². The van der Waals surface area contributed by atoms with Crippen LogP contribution in [0.5, 0.6) is 5.75 Å². The number of halogens is 2. The molecule has 0 aliphatic rings. The molecule has 1 aromatic heterocycles. The van der Waals surface area contributed by atoms with Crippen molar-refractivity contribution in [1.29, 1.82) is 0 Å². The average molecular weight is 353 g/mol. The molecule has 0 saturated carbocycles. The van der Waals surface area contributed by atoms with E-state index in [4.69, 9.17) is 20.8 Å². The predicted molar refractivity (Wildman–Crippen MR) is 83.4 cm³/mol. The lowest BCUT2D eigenvalue weighted by atomic mass is 10.2. The molecule has 0 bridgehead atoms. The fourth-order valence-electron chi connectivity index (χ4n) is 2.05. The Labute approximate surface area is 129 Å². The fourth-order valence-corrected chi connectivity index (χ4v) is 2.95. The molecule has 0 spiro atoms. The van der Waals surface area contributed by atoms with Crippen LogP contribution < -0.4 is 4.74 Å². The van der Waals surface area contributed by atoms with E-state index in [-0.39, 0.29) is 0 Å². The molecule has 20 heavy (non-hydrogen) atoms. The molecule has 102 valence electrons. The first-order valence-corrected chi connectivity index (χ1v) is 7.16. The van der Waals surface area contributed by atoms with Crippen LogP contribution in [0.4, 0.5) is 0 Å². The Hall–Kier alpha value is -1.52. The van der Waals surface area contributed by atoms with Crippen LogP contribution in [0.25, 0.3) is 22.6 Å². The molecule has 0 unspecified atom stereocenters. The van der Waals surface area contributed by atoms with Crippen molar-refractivity contribution in [3.05, 3.63) is 45.4 Å². The molecule has 0 radical (unpaired) electrons. The number of ether oxygens (including phenoxy) is 1. The first-order chi connectivity index (χ1) is 9.58. The van der Waals surface area contributed by atoms with Gasteiger partial charge in [0.2, 0.25) is 5.89 Å². The number of aryl methyl sites for hydroxylation is 1. The topological polar surface area (TPSA) is 35.3 Å². The predicted octanol–water partition coefficient (Wildman–Crippen LogP) is 5.23. The minimum atomic E-state index is 0.530. The van der Waals surface area contributed by atoms with Gasteiger partial charge < -0.3 is 9.15 Å². The first kappa shape index (κ1) is 13.5. The SMILES string of the molecule is COc1ccc(-c2nc3cc(C)cc(Br)c3o2)cc1Cl. The molecule has 2 aromatic carbocycles. The summed E-state index contributed by atoms with van der Waals surface area (Å²) in [4.78, 5) is 4.51. The largest absolute Gasteiger partial charge is 0.495 e. The highest BCUT2D eigenvalue weighted by molar-refractivity contribution is 9.10. The van der Waals surface area contributed by atoms with Gasteiger partial charge in [0.05, 0.1) is 16.6 Å². The summed E-state index contributed by atoms with van der Waals surface area (Å²) in [6.07, 6.45) is 0. The van der Waals surface area contributed by atoms with Gasteiger partial charge in [-0.1, -0.05) is 11.6 Å². The van der Waals surface area contributed by atoms with Crippen molar-refractivity contribution in [2.75, 3.05) is 7.11 Å². The number of rotatable bonds is 2. The lowest BCUT2D eigenvalue weighted by Crippen LogP contribution is -1.85. The van der Waals surface area contributed by atoms with E-state index < -0.39 is 0 Å². The van der Waals surface area contributed by atoms with Gasteiger partial charge in [0.25, 0.3) is 0 Å². The quantitative estimate of drug-likeness (QED) is 0.633. The molecule has 5 heteroatoms. The first-order valence-electron chi connectivity index (χ1n) is 5.99. The zero-order valence-corrected chi connectivity index (χ0v) is 13.2. The Kier molecular flexibility index (Phi) is 3.44. The summed E-state index contributed by atoms with van der Waals surface area (Å²) in [6, 6.07) is 9.44. The molecule has 0 atom stereocenters. The number of hydrogen-bond acceptors (Lipinski definition) is 3. The van der Waals surface area contributed by atoms with Crippen LogP contribution in [0.15, 0.2) is 39.2 Å². The third-order valence-corrected chi connectivity index (χ3v) is 3.87. The van der Waals surface area contributed by atoms with Crippen molar-refractivity contribution in [1.82, 2.24) is 4.98 Å². The van der Waals surface area contributed by atoms with E-state index in [0.29, 0.717) is 16.7 Å². The van der Waals surface area contributed by atoms with Crippen LogP contribution in [0.2, 0.25) is 5.02 Å².